The van der Waals surface area contributed by atoms with Crippen molar-refractivity contribution in [3.05, 3.63) is 72.8 Å². The number of aryl methyl sites for hydroxylation is 1. The first-order valence-electron chi connectivity index (χ1n) is 8.53. The third kappa shape index (κ3) is 1.62. The number of nitrogens with zero attached hydrogens (tertiary/aromatic N) is 1. The minimum atomic E-state index is 1.30. The number of hydrogen-bond donors (Lipinski definition) is 0. The van der Waals surface area contributed by atoms with Crippen LogP contribution in [0.2, 0.25) is 0 Å². The molecule has 2 aromatic heterocycles. The van der Waals surface area contributed by atoms with E-state index >= 15 is 0 Å². The highest BCUT2D eigenvalue weighted by molar-refractivity contribution is 7.27. The zero-order valence-electron chi connectivity index (χ0n) is 13.8. The number of para-hydroxylation sites is 1. The van der Waals surface area contributed by atoms with Crippen LogP contribution in [0, 0.1) is 0 Å². The lowest BCUT2D eigenvalue weighted by Gasteiger charge is -1.99. The summed E-state index contributed by atoms with van der Waals surface area (Å²) in [6.07, 6.45) is 0. The summed E-state index contributed by atoms with van der Waals surface area (Å²) < 4.78 is 5.11. The molecule has 2 heteroatoms. The number of benzene rings is 4. The molecule has 2 heterocycles. The van der Waals surface area contributed by atoms with Gasteiger partial charge in [0, 0.05) is 43.5 Å². The fourth-order valence-electron chi connectivity index (χ4n) is 4.20. The van der Waals surface area contributed by atoms with Gasteiger partial charge in [-0.05, 0) is 22.9 Å². The molecule has 0 aliphatic rings. The van der Waals surface area contributed by atoms with Crippen LogP contribution in [-0.4, -0.2) is 4.57 Å². The van der Waals surface area contributed by atoms with E-state index in [9.17, 15) is 0 Å². The molecule has 0 amide bonds. The summed E-state index contributed by atoms with van der Waals surface area (Å²) in [4.78, 5) is 0. The monoisotopic (exact) mass is 337 g/mol. The zero-order valence-corrected chi connectivity index (χ0v) is 14.6. The molecule has 1 nitrogen and oxygen atoms in total. The van der Waals surface area contributed by atoms with Gasteiger partial charge in [0.2, 0.25) is 0 Å². The molecular formula is C23H15NS. The second-order valence-electron chi connectivity index (χ2n) is 6.68. The predicted octanol–water partition coefficient (Wildman–Crippen LogP) is 6.85. The molecule has 0 N–H and O–H groups in total. The van der Waals surface area contributed by atoms with Crippen LogP contribution in [0.25, 0.3) is 52.8 Å². The van der Waals surface area contributed by atoms with Gasteiger partial charge in [0.25, 0.3) is 0 Å². The number of rotatable bonds is 0. The summed E-state index contributed by atoms with van der Waals surface area (Å²) in [5.74, 6) is 0. The summed E-state index contributed by atoms with van der Waals surface area (Å²) in [5, 5.41) is 8.15. The second kappa shape index (κ2) is 4.62. The van der Waals surface area contributed by atoms with Gasteiger partial charge < -0.3 is 4.57 Å². The highest BCUT2D eigenvalue weighted by atomic mass is 32.1. The van der Waals surface area contributed by atoms with E-state index in [-0.39, 0.29) is 0 Å². The summed E-state index contributed by atoms with van der Waals surface area (Å²) in [6, 6.07) is 26.5. The maximum absolute atomic E-state index is 2.31. The Morgan fingerprint density at radius 2 is 1.32 bits per heavy atom. The summed E-state index contributed by atoms with van der Waals surface area (Å²) in [6.45, 7) is 0. The largest absolute Gasteiger partial charge is 0.344 e. The van der Waals surface area contributed by atoms with Crippen molar-refractivity contribution >= 4 is 64.1 Å². The third-order valence-electron chi connectivity index (χ3n) is 5.41. The first kappa shape index (κ1) is 13.5. The fraction of sp³-hybridized carbons (Fsp3) is 0.0435. The van der Waals surface area contributed by atoms with Crippen molar-refractivity contribution in [2.24, 2.45) is 7.05 Å². The average molecular weight is 337 g/mol. The molecule has 0 spiro atoms. The van der Waals surface area contributed by atoms with Crippen molar-refractivity contribution in [2.75, 3.05) is 0 Å². The summed E-state index contributed by atoms with van der Waals surface area (Å²) in [7, 11) is 2.17. The normalized spacial score (nSPS) is 12.2. The van der Waals surface area contributed by atoms with E-state index in [1.807, 2.05) is 11.3 Å². The van der Waals surface area contributed by atoms with E-state index in [4.69, 9.17) is 0 Å². The van der Waals surface area contributed by atoms with E-state index in [0.29, 0.717) is 0 Å². The Kier molecular flexibility index (Phi) is 2.48. The molecule has 0 atom stereocenters. The molecule has 118 valence electrons. The molecule has 4 aromatic carbocycles. The van der Waals surface area contributed by atoms with E-state index in [1.54, 1.807) is 0 Å². The van der Waals surface area contributed by atoms with E-state index in [1.165, 1.54) is 52.8 Å². The Labute approximate surface area is 148 Å². The number of fused-ring (bicyclic) bond motifs is 9. The molecular weight excluding hydrogens is 322 g/mol. The van der Waals surface area contributed by atoms with E-state index in [0.717, 1.165) is 0 Å². The van der Waals surface area contributed by atoms with Crippen molar-refractivity contribution in [1.82, 2.24) is 4.57 Å². The molecule has 25 heavy (non-hydrogen) atoms. The third-order valence-corrected chi connectivity index (χ3v) is 6.68. The van der Waals surface area contributed by atoms with Gasteiger partial charge in [0.05, 0.1) is 5.52 Å². The van der Waals surface area contributed by atoms with Crippen LogP contribution in [0.5, 0.6) is 0 Å². The van der Waals surface area contributed by atoms with Gasteiger partial charge >= 0.3 is 0 Å². The Bertz CT molecular complexity index is 1450. The number of aromatic nitrogens is 1. The highest BCUT2D eigenvalue weighted by Gasteiger charge is 2.15. The smallest absolute Gasteiger partial charge is 0.0503 e. The minimum absolute atomic E-state index is 1.30. The summed E-state index contributed by atoms with van der Waals surface area (Å²) in [5.41, 5.74) is 2.61. The van der Waals surface area contributed by atoms with Gasteiger partial charge in [-0.15, -0.1) is 11.3 Å². The van der Waals surface area contributed by atoms with Gasteiger partial charge in [-0.1, -0.05) is 60.7 Å². The molecule has 0 bridgehead atoms. The van der Waals surface area contributed by atoms with Gasteiger partial charge in [0.15, 0.2) is 0 Å². The molecule has 0 aliphatic carbocycles. The van der Waals surface area contributed by atoms with Crippen molar-refractivity contribution < 1.29 is 0 Å². The lowest BCUT2D eigenvalue weighted by atomic mass is 10.0. The molecule has 0 unspecified atom stereocenters. The Morgan fingerprint density at radius 3 is 2.24 bits per heavy atom. The van der Waals surface area contributed by atoms with E-state index < -0.39 is 0 Å². The van der Waals surface area contributed by atoms with Gasteiger partial charge in [0.1, 0.15) is 0 Å². The van der Waals surface area contributed by atoms with Gasteiger partial charge in [-0.2, -0.15) is 0 Å². The Hall–Kier alpha value is -2.84. The Balaban J connectivity index is 1.93. The zero-order chi connectivity index (χ0) is 16.5. The average Bonchev–Trinajstić information content (AvgIpc) is 3.18. The lowest BCUT2D eigenvalue weighted by molar-refractivity contribution is 1.01. The van der Waals surface area contributed by atoms with Gasteiger partial charge in [-0.25, -0.2) is 0 Å². The van der Waals surface area contributed by atoms with Crippen LogP contribution >= 0.6 is 11.3 Å². The molecule has 6 aromatic rings. The van der Waals surface area contributed by atoms with Crippen LogP contribution < -0.4 is 0 Å². The standard InChI is InChI=1S/C23H15NS/c1-24-19-9-5-4-8-18(19)21-20(24)13-12-17-16-11-10-14-6-2-3-7-15(14)22(16)25-23(17)21/h2-13H,1H3. The molecule has 0 radical (unpaired) electrons. The first-order valence-corrected chi connectivity index (χ1v) is 9.35. The second-order valence-corrected chi connectivity index (χ2v) is 7.70. The highest BCUT2D eigenvalue weighted by Crippen LogP contribution is 2.44. The quantitative estimate of drug-likeness (QED) is 0.285. The molecule has 0 aliphatic heterocycles. The van der Waals surface area contributed by atoms with Crippen molar-refractivity contribution in [2.45, 2.75) is 0 Å². The number of hydrogen-bond acceptors (Lipinski definition) is 1. The Morgan fingerprint density at radius 1 is 0.600 bits per heavy atom. The van der Waals surface area contributed by atoms with Crippen LogP contribution in [-0.2, 0) is 7.05 Å². The van der Waals surface area contributed by atoms with E-state index in [2.05, 4.69) is 84.4 Å². The predicted molar refractivity (Wildman–Crippen MR) is 111 cm³/mol. The maximum atomic E-state index is 2.31. The maximum Gasteiger partial charge on any atom is 0.0503 e. The molecule has 6 rings (SSSR count). The first-order chi connectivity index (χ1) is 12.3. The van der Waals surface area contributed by atoms with Crippen molar-refractivity contribution in [3.63, 3.8) is 0 Å². The van der Waals surface area contributed by atoms with Crippen molar-refractivity contribution in [1.29, 1.82) is 0 Å². The fourth-order valence-corrected chi connectivity index (χ4v) is 5.60. The molecule has 0 fully saturated rings. The van der Waals surface area contributed by atoms with Crippen LogP contribution in [0.1, 0.15) is 0 Å². The van der Waals surface area contributed by atoms with Crippen LogP contribution in [0.4, 0.5) is 0 Å². The van der Waals surface area contributed by atoms with Gasteiger partial charge in [-0.3, -0.25) is 0 Å². The summed E-state index contributed by atoms with van der Waals surface area (Å²) >= 11 is 1.94. The van der Waals surface area contributed by atoms with Crippen molar-refractivity contribution in [3.8, 4) is 0 Å². The lowest BCUT2D eigenvalue weighted by Crippen LogP contribution is -1.85. The van der Waals surface area contributed by atoms with Crippen LogP contribution in [0.3, 0.4) is 0 Å². The van der Waals surface area contributed by atoms with Crippen LogP contribution in [0.15, 0.2) is 72.8 Å². The topological polar surface area (TPSA) is 4.93 Å². The minimum Gasteiger partial charge on any atom is -0.344 e. The molecule has 0 saturated heterocycles. The number of thiophene rings is 1. The molecule has 0 saturated carbocycles. The SMILES string of the molecule is Cn1c2ccccc2c2c3sc4c5ccccc5ccc4c3ccc21.